The van der Waals surface area contributed by atoms with Gasteiger partial charge in [0, 0.05) is 30.8 Å². The smallest absolute Gasteiger partial charge is 0.224 e. The van der Waals surface area contributed by atoms with Gasteiger partial charge in [-0.2, -0.15) is 0 Å². The summed E-state index contributed by atoms with van der Waals surface area (Å²) in [4.78, 5) is 17.5. The van der Waals surface area contributed by atoms with E-state index in [1.807, 2.05) is 56.6 Å². The van der Waals surface area contributed by atoms with E-state index in [1.165, 1.54) is 0 Å². The zero-order valence-electron chi connectivity index (χ0n) is 19.6. The Balaban J connectivity index is 1.82. The first-order valence-corrected chi connectivity index (χ1v) is 11.0. The highest BCUT2D eigenvalue weighted by molar-refractivity contribution is 6.14. The highest BCUT2D eigenvalue weighted by Gasteiger charge is 2.28. The van der Waals surface area contributed by atoms with Crippen molar-refractivity contribution in [1.82, 2.24) is 20.3 Å². The van der Waals surface area contributed by atoms with E-state index < -0.39 is 0 Å². The lowest BCUT2D eigenvalue weighted by Gasteiger charge is -2.18. The summed E-state index contributed by atoms with van der Waals surface area (Å²) < 4.78 is 12.8. The van der Waals surface area contributed by atoms with Crippen molar-refractivity contribution in [1.29, 1.82) is 0 Å². The summed E-state index contributed by atoms with van der Waals surface area (Å²) in [6.07, 6.45) is 3.43. The third-order valence-electron chi connectivity index (χ3n) is 6.16. The number of amides is 1. The van der Waals surface area contributed by atoms with Crippen LogP contribution in [0.15, 0.2) is 47.6 Å². The van der Waals surface area contributed by atoms with Gasteiger partial charge in [0.1, 0.15) is 5.69 Å². The number of carbonyl (C=O) groups is 1. The molecular formula is C25H29N5O3. The van der Waals surface area contributed by atoms with Gasteiger partial charge in [-0.3, -0.25) is 14.5 Å². The zero-order valence-corrected chi connectivity index (χ0v) is 19.6. The fraction of sp³-hybridized carbons (Fsp3) is 0.360. The Bertz CT molecular complexity index is 1180. The Labute approximate surface area is 193 Å². The molecule has 3 aromatic rings. The molecule has 8 nitrogen and oxygen atoms in total. The molecule has 2 heterocycles. The molecule has 0 saturated heterocycles. The first-order chi connectivity index (χ1) is 15.9. The van der Waals surface area contributed by atoms with Crippen LogP contribution in [0.1, 0.15) is 30.0 Å². The molecule has 0 saturated carbocycles. The van der Waals surface area contributed by atoms with E-state index in [-0.39, 0.29) is 17.9 Å². The first-order valence-electron chi connectivity index (χ1n) is 11.0. The van der Waals surface area contributed by atoms with Crippen molar-refractivity contribution in [3.63, 3.8) is 0 Å². The van der Waals surface area contributed by atoms with E-state index in [4.69, 9.17) is 14.5 Å². The number of nitrogens with zero attached hydrogens (tertiary/aromatic N) is 4. The van der Waals surface area contributed by atoms with Crippen LogP contribution in [0.2, 0.25) is 0 Å². The molecule has 1 aliphatic heterocycles. The summed E-state index contributed by atoms with van der Waals surface area (Å²) in [6, 6.07) is 12.0. The van der Waals surface area contributed by atoms with Crippen LogP contribution in [0, 0.1) is 5.92 Å². The Morgan fingerprint density at radius 1 is 1.12 bits per heavy atom. The maximum absolute atomic E-state index is 12.4. The summed E-state index contributed by atoms with van der Waals surface area (Å²) in [7, 11) is 6.77. The maximum atomic E-state index is 12.4. The lowest BCUT2D eigenvalue weighted by molar-refractivity contribution is -0.124. The van der Waals surface area contributed by atoms with Crippen LogP contribution in [0.25, 0.3) is 11.3 Å². The standard InChI is InChI=1S/C25H29N5O3/c1-15(25(31)26-2)20-11-10-18-12-22(32-4)23(33-5)13-19(18)24(27-20)17-8-6-16(7-9-17)21-14-30(3)29-28-21/h6-9,12-15,20H,10-11H2,1-5H3,(H,26,31). The molecule has 8 heteroatoms. The van der Waals surface area contributed by atoms with E-state index in [0.717, 1.165) is 46.5 Å². The third-order valence-corrected chi connectivity index (χ3v) is 6.16. The Morgan fingerprint density at radius 2 is 1.79 bits per heavy atom. The summed E-state index contributed by atoms with van der Waals surface area (Å²) in [5.41, 5.74) is 5.71. The molecule has 0 radical (unpaired) electrons. The average Bonchev–Trinajstić information content (AvgIpc) is 3.20. The van der Waals surface area contributed by atoms with Crippen molar-refractivity contribution in [3.05, 3.63) is 59.3 Å². The fourth-order valence-corrected chi connectivity index (χ4v) is 4.22. The molecule has 4 rings (SSSR count). The molecule has 2 atom stereocenters. The van der Waals surface area contributed by atoms with Gasteiger partial charge >= 0.3 is 0 Å². The number of aliphatic imine (C=N–C) groups is 1. The Morgan fingerprint density at radius 3 is 2.39 bits per heavy atom. The number of methoxy groups -OCH3 is 2. The Hall–Kier alpha value is -3.68. The highest BCUT2D eigenvalue weighted by Crippen LogP contribution is 2.35. The van der Waals surface area contributed by atoms with E-state index in [1.54, 1.807) is 25.9 Å². The van der Waals surface area contributed by atoms with E-state index in [0.29, 0.717) is 11.5 Å². The molecule has 1 N–H and O–H groups in total. The van der Waals surface area contributed by atoms with Crippen LogP contribution < -0.4 is 14.8 Å². The quantitative estimate of drug-likeness (QED) is 0.627. The van der Waals surface area contributed by atoms with Crippen LogP contribution in [0.3, 0.4) is 0 Å². The van der Waals surface area contributed by atoms with Crippen LogP contribution in [0.4, 0.5) is 0 Å². The molecule has 0 fully saturated rings. The minimum Gasteiger partial charge on any atom is -0.493 e. The number of aromatic nitrogens is 3. The lowest BCUT2D eigenvalue weighted by Crippen LogP contribution is -2.33. The Kier molecular flexibility index (Phi) is 6.44. The molecular weight excluding hydrogens is 418 g/mol. The van der Waals surface area contributed by atoms with Crippen LogP contribution in [-0.4, -0.2) is 53.9 Å². The highest BCUT2D eigenvalue weighted by atomic mass is 16.5. The van der Waals surface area contributed by atoms with Gasteiger partial charge in [0.15, 0.2) is 11.5 Å². The molecule has 0 bridgehead atoms. The largest absolute Gasteiger partial charge is 0.493 e. The number of carbonyl (C=O) groups excluding carboxylic acids is 1. The second-order valence-electron chi connectivity index (χ2n) is 8.21. The molecule has 1 aliphatic rings. The van der Waals surface area contributed by atoms with Crippen molar-refractivity contribution < 1.29 is 14.3 Å². The fourth-order valence-electron chi connectivity index (χ4n) is 4.22. The number of fused-ring (bicyclic) bond motifs is 1. The van der Waals surface area contributed by atoms with E-state index >= 15 is 0 Å². The second-order valence-corrected chi connectivity index (χ2v) is 8.21. The van der Waals surface area contributed by atoms with Gasteiger partial charge in [0.2, 0.25) is 5.91 Å². The number of nitrogens with one attached hydrogen (secondary N) is 1. The van der Waals surface area contributed by atoms with Crippen molar-refractivity contribution >= 4 is 11.6 Å². The number of hydrogen-bond donors (Lipinski definition) is 1. The van der Waals surface area contributed by atoms with Crippen molar-refractivity contribution in [2.75, 3.05) is 21.3 Å². The monoisotopic (exact) mass is 447 g/mol. The van der Waals surface area contributed by atoms with Gasteiger partial charge in [-0.25, -0.2) is 0 Å². The van der Waals surface area contributed by atoms with Crippen LogP contribution in [0.5, 0.6) is 11.5 Å². The van der Waals surface area contributed by atoms with Crippen LogP contribution in [-0.2, 0) is 18.3 Å². The molecule has 33 heavy (non-hydrogen) atoms. The van der Waals surface area contributed by atoms with E-state index in [2.05, 4.69) is 15.6 Å². The molecule has 2 aromatic carbocycles. The molecule has 0 spiro atoms. The topological polar surface area (TPSA) is 90.6 Å². The van der Waals surface area contributed by atoms with E-state index in [9.17, 15) is 4.79 Å². The van der Waals surface area contributed by atoms with Gasteiger partial charge in [-0.05, 0) is 30.5 Å². The molecule has 172 valence electrons. The minimum absolute atomic E-state index is 0.0118. The summed E-state index contributed by atoms with van der Waals surface area (Å²) >= 11 is 0. The zero-order chi connectivity index (χ0) is 23.5. The third kappa shape index (κ3) is 4.46. The maximum Gasteiger partial charge on any atom is 0.224 e. The number of hydrogen-bond acceptors (Lipinski definition) is 6. The van der Waals surface area contributed by atoms with Gasteiger partial charge < -0.3 is 14.8 Å². The molecule has 0 aliphatic carbocycles. The minimum atomic E-state index is -0.248. The molecule has 1 amide bonds. The van der Waals surface area contributed by atoms with Crippen molar-refractivity contribution in [3.8, 4) is 22.8 Å². The average molecular weight is 448 g/mol. The number of benzene rings is 2. The van der Waals surface area contributed by atoms with Gasteiger partial charge in [-0.1, -0.05) is 36.4 Å². The number of rotatable bonds is 6. The summed E-state index contributed by atoms with van der Waals surface area (Å²) in [6.45, 7) is 1.93. The van der Waals surface area contributed by atoms with Crippen molar-refractivity contribution in [2.24, 2.45) is 18.0 Å². The van der Waals surface area contributed by atoms with Gasteiger partial charge in [-0.15, -0.1) is 5.10 Å². The predicted octanol–water partition coefficient (Wildman–Crippen LogP) is 3.03. The van der Waals surface area contributed by atoms with Crippen molar-refractivity contribution in [2.45, 2.75) is 25.8 Å². The van der Waals surface area contributed by atoms with Gasteiger partial charge in [0.25, 0.3) is 0 Å². The van der Waals surface area contributed by atoms with Gasteiger partial charge in [0.05, 0.1) is 38.1 Å². The number of ether oxygens (including phenoxy) is 2. The molecule has 2 unspecified atom stereocenters. The first kappa shape index (κ1) is 22.5. The van der Waals surface area contributed by atoms with Crippen LogP contribution >= 0.6 is 0 Å². The number of aryl methyl sites for hydroxylation is 2. The molecule has 1 aromatic heterocycles. The second kappa shape index (κ2) is 9.44. The summed E-state index contributed by atoms with van der Waals surface area (Å²) in [5, 5.41) is 11.0. The lowest BCUT2D eigenvalue weighted by atomic mass is 9.93. The SMILES string of the molecule is CNC(=O)C(C)C1CCc2cc(OC)c(OC)cc2C(c2ccc(-c3cn(C)nn3)cc2)=N1. The predicted molar refractivity (Wildman–Crippen MR) is 127 cm³/mol. The summed E-state index contributed by atoms with van der Waals surface area (Å²) in [5.74, 6) is 1.08. The normalized spacial score (nSPS) is 16.3.